The summed E-state index contributed by atoms with van der Waals surface area (Å²) in [5.74, 6) is -2.17. The number of carbonyl (C=O) groups is 3. The van der Waals surface area contributed by atoms with Crippen molar-refractivity contribution in [2.24, 2.45) is 11.8 Å². The predicted octanol–water partition coefficient (Wildman–Crippen LogP) is 2.18. The van der Waals surface area contributed by atoms with Crippen molar-refractivity contribution in [1.29, 1.82) is 0 Å². The molecule has 8 heteroatoms. The fourth-order valence-corrected chi connectivity index (χ4v) is 4.39. The van der Waals surface area contributed by atoms with E-state index in [1.54, 1.807) is 48.6 Å². The first-order chi connectivity index (χ1) is 13.5. The summed E-state index contributed by atoms with van der Waals surface area (Å²) in [4.78, 5) is 39.6. The van der Waals surface area contributed by atoms with Crippen LogP contribution in [0.5, 0.6) is 0 Å². The van der Waals surface area contributed by atoms with E-state index in [4.69, 9.17) is 20.8 Å². The number of furan rings is 1. The molecule has 0 saturated carbocycles. The van der Waals surface area contributed by atoms with Crippen molar-refractivity contribution >= 4 is 35.0 Å². The SMILES string of the molecule is O=C(NC[C@@]12C=C[C@@H](O1)[C@H]1C(=O)N(c3ccc(Cl)cc3)C(=O)[C@@H]12)c1ccco1. The zero-order valence-electron chi connectivity index (χ0n) is 14.5. The molecule has 1 N–H and O–H groups in total. The molecule has 3 aliphatic heterocycles. The van der Waals surface area contributed by atoms with Gasteiger partial charge in [0.2, 0.25) is 11.8 Å². The molecule has 3 amide bonds. The second-order valence-corrected chi connectivity index (χ2v) is 7.48. The van der Waals surface area contributed by atoms with Crippen LogP contribution in [0.4, 0.5) is 5.69 Å². The highest BCUT2D eigenvalue weighted by Crippen LogP contribution is 2.52. The van der Waals surface area contributed by atoms with Gasteiger partial charge in [-0.1, -0.05) is 23.8 Å². The first kappa shape index (κ1) is 17.2. The quantitative estimate of drug-likeness (QED) is 0.630. The second kappa shape index (κ2) is 6.05. The molecule has 4 heterocycles. The summed E-state index contributed by atoms with van der Waals surface area (Å²) in [6.07, 6.45) is 4.48. The second-order valence-electron chi connectivity index (χ2n) is 7.05. The van der Waals surface area contributed by atoms with Crippen LogP contribution in [0.1, 0.15) is 10.6 Å². The van der Waals surface area contributed by atoms with Crippen molar-refractivity contribution in [3.63, 3.8) is 0 Å². The van der Waals surface area contributed by atoms with Crippen LogP contribution in [0.25, 0.3) is 0 Å². The highest BCUT2D eigenvalue weighted by molar-refractivity contribution is 6.31. The molecular weight excluding hydrogens is 384 g/mol. The highest BCUT2D eigenvalue weighted by atomic mass is 35.5. The monoisotopic (exact) mass is 398 g/mol. The molecule has 2 fully saturated rings. The Hall–Kier alpha value is -2.90. The zero-order chi connectivity index (χ0) is 19.5. The predicted molar refractivity (Wildman–Crippen MR) is 98.7 cm³/mol. The van der Waals surface area contributed by atoms with Crippen molar-refractivity contribution in [1.82, 2.24) is 5.32 Å². The number of carbonyl (C=O) groups excluding carboxylic acids is 3. The molecule has 2 bridgehead atoms. The number of amides is 3. The van der Waals surface area contributed by atoms with E-state index in [0.29, 0.717) is 10.7 Å². The van der Waals surface area contributed by atoms with Crippen molar-refractivity contribution in [2.45, 2.75) is 11.7 Å². The van der Waals surface area contributed by atoms with Crippen molar-refractivity contribution in [2.75, 3.05) is 11.4 Å². The van der Waals surface area contributed by atoms with Crippen molar-refractivity contribution in [3.8, 4) is 0 Å². The van der Waals surface area contributed by atoms with Gasteiger partial charge < -0.3 is 14.5 Å². The molecule has 2 saturated heterocycles. The summed E-state index contributed by atoms with van der Waals surface area (Å²) in [6, 6.07) is 9.71. The fourth-order valence-electron chi connectivity index (χ4n) is 4.26. The summed E-state index contributed by atoms with van der Waals surface area (Å²) < 4.78 is 11.1. The molecule has 7 nitrogen and oxygen atoms in total. The van der Waals surface area contributed by atoms with E-state index in [-0.39, 0.29) is 24.1 Å². The Kier molecular flexibility index (Phi) is 3.72. The molecule has 1 aromatic carbocycles. The van der Waals surface area contributed by atoms with Crippen LogP contribution < -0.4 is 10.2 Å². The van der Waals surface area contributed by atoms with Gasteiger partial charge in [0.1, 0.15) is 5.60 Å². The van der Waals surface area contributed by atoms with Crippen LogP contribution in [0.2, 0.25) is 5.02 Å². The number of anilines is 1. The van der Waals surface area contributed by atoms with Gasteiger partial charge in [0.25, 0.3) is 5.91 Å². The molecule has 0 unspecified atom stereocenters. The van der Waals surface area contributed by atoms with E-state index in [1.807, 2.05) is 0 Å². The summed E-state index contributed by atoms with van der Waals surface area (Å²) in [5, 5.41) is 3.27. The molecule has 5 rings (SSSR count). The average molecular weight is 399 g/mol. The highest BCUT2D eigenvalue weighted by Gasteiger charge is 2.67. The molecule has 0 spiro atoms. The smallest absolute Gasteiger partial charge is 0.287 e. The Bertz CT molecular complexity index is 1000. The Morgan fingerprint density at radius 1 is 1.18 bits per heavy atom. The molecule has 1 aromatic heterocycles. The maximum atomic E-state index is 13.2. The number of hydrogen-bond donors (Lipinski definition) is 1. The van der Waals surface area contributed by atoms with E-state index >= 15 is 0 Å². The third kappa shape index (κ3) is 2.36. The molecule has 0 radical (unpaired) electrons. The third-order valence-electron chi connectivity index (χ3n) is 5.51. The number of imide groups is 1. The Morgan fingerprint density at radius 3 is 2.68 bits per heavy atom. The van der Waals surface area contributed by atoms with Gasteiger partial charge in [-0.25, -0.2) is 4.90 Å². The lowest BCUT2D eigenvalue weighted by molar-refractivity contribution is -0.126. The molecule has 0 aliphatic carbocycles. The minimum Gasteiger partial charge on any atom is -0.459 e. The number of fused-ring (bicyclic) bond motifs is 5. The van der Waals surface area contributed by atoms with Crippen molar-refractivity contribution < 1.29 is 23.5 Å². The number of ether oxygens (including phenoxy) is 1. The zero-order valence-corrected chi connectivity index (χ0v) is 15.3. The van der Waals surface area contributed by atoms with E-state index in [0.717, 1.165) is 0 Å². The van der Waals surface area contributed by atoms with E-state index in [9.17, 15) is 14.4 Å². The lowest BCUT2D eigenvalue weighted by atomic mass is 9.77. The lowest BCUT2D eigenvalue weighted by Gasteiger charge is -2.29. The minimum absolute atomic E-state index is 0.0637. The number of benzene rings is 1. The average Bonchev–Trinajstić information content (AvgIpc) is 3.45. The summed E-state index contributed by atoms with van der Waals surface area (Å²) in [5.41, 5.74) is -0.575. The number of nitrogens with one attached hydrogen (secondary N) is 1. The van der Waals surface area contributed by atoms with Crippen LogP contribution in [0.15, 0.2) is 59.2 Å². The minimum atomic E-state index is -1.05. The molecule has 142 valence electrons. The number of halogens is 1. The van der Waals surface area contributed by atoms with Crippen LogP contribution in [0, 0.1) is 11.8 Å². The van der Waals surface area contributed by atoms with Crippen LogP contribution in [-0.2, 0) is 14.3 Å². The van der Waals surface area contributed by atoms with Gasteiger partial charge in [-0.05, 0) is 36.4 Å². The lowest BCUT2D eigenvalue weighted by Crippen LogP contribution is -2.48. The summed E-state index contributed by atoms with van der Waals surface area (Å²) in [7, 11) is 0. The first-order valence-electron chi connectivity index (χ1n) is 8.82. The molecule has 4 atom stereocenters. The normalized spacial score (nSPS) is 30.2. The number of nitrogens with zero attached hydrogens (tertiary/aromatic N) is 1. The van der Waals surface area contributed by atoms with Gasteiger partial charge in [-0.15, -0.1) is 0 Å². The Balaban J connectivity index is 1.42. The molecular formula is C20H15ClN2O5. The standard InChI is InChI=1S/C20H15ClN2O5/c21-11-3-5-12(6-4-11)23-18(25)15-13-7-8-20(28-13,16(15)19(23)26)10-22-17(24)14-2-1-9-27-14/h1-9,13,15-16H,10H2,(H,22,24)/t13-,15-,16-,20-/m1/s1. The molecule has 28 heavy (non-hydrogen) atoms. The Labute approximate surface area is 164 Å². The largest absolute Gasteiger partial charge is 0.459 e. The fraction of sp³-hybridized carbons (Fsp3) is 0.250. The van der Waals surface area contributed by atoms with E-state index < -0.39 is 29.4 Å². The van der Waals surface area contributed by atoms with Crippen LogP contribution in [0.3, 0.4) is 0 Å². The number of hydrogen-bond acceptors (Lipinski definition) is 5. The topological polar surface area (TPSA) is 88.9 Å². The van der Waals surface area contributed by atoms with E-state index in [1.165, 1.54) is 11.2 Å². The van der Waals surface area contributed by atoms with E-state index in [2.05, 4.69) is 5.32 Å². The molecule has 3 aliphatic rings. The summed E-state index contributed by atoms with van der Waals surface area (Å²) >= 11 is 5.91. The third-order valence-corrected chi connectivity index (χ3v) is 5.76. The summed E-state index contributed by atoms with van der Waals surface area (Å²) in [6.45, 7) is 0.0637. The van der Waals surface area contributed by atoms with Crippen molar-refractivity contribution in [3.05, 3.63) is 65.6 Å². The van der Waals surface area contributed by atoms with Crippen LogP contribution >= 0.6 is 11.6 Å². The van der Waals surface area contributed by atoms with Gasteiger partial charge >= 0.3 is 0 Å². The van der Waals surface area contributed by atoms with Gasteiger partial charge in [0, 0.05) is 5.02 Å². The van der Waals surface area contributed by atoms with Gasteiger partial charge in [-0.3, -0.25) is 14.4 Å². The molecule has 2 aromatic rings. The number of rotatable bonds is 4. The maximum Gasteiger partial charge on any atom is 0.287 e. The Morgan fingerprint density at radius 2 is 1.96 bits per heavy atom. The first-order valence-corrected chi connectivity index (χ1v) is 9.20. The van der Waals surface area contributed by atoms with Crippen LogP contribution in [-0.4, -0.2) is 36.0 Å². The van der Waals surface area contributed by atoms with Gasteiger partial charge in [0.05, 0.1) is 36.4 Å². The van der Waals surface area contributed by atoms with Gasteiger partial charge in [0.15, 0.2) is 5.76 Å². The van der Waals surface area contributed by atoms with Gasteiger partial charge in [-0.2, -0.15) is 0 Å². The maximum absolute atomic E-state index is 13.2.